The fraction of sp³-hybridized carbons (Fsp3) is 0.0455. The number of nitrogens with zero attached hydrogens (tertiary/aromatic N) is 3. The third-order valence-electron chi connectivity index (χ3n) is 4.60. The van der Waals surface area contributed by atoms with Crippen LogP contribution >= 0.6 is 0 Å². The van der Waals surface area contributed by atoms with Crippen LogP contribution < -0.4 is 0 Å². The van der Waals surface area contributed by atoms with Crippen molar-refractivity contribution in [2.45, 2.75) is 5.54 Å². The molecular formula is C22H17N3O2. The third kappa shape index (κ3) is 2.79. The quantitative estimate of drug-likeness (QED) is 0.553. The molecule has 0 fully saturated rings. The largest absolute Gasteiger partial charge is 0.475 e. The first-order chi connectivity index (χ1) is 13.2. The van der Waals surface area contributed by atoms with E-state index in [9.17, 15) is 9.90 Å². The second kappa shape index (κ2) is 6.88. The fourth-order valence-electron chi connectivity index (χ4n) is 3.46. The van der Waals surface area contributed by atoms with E-state index in [4.69, 9.17) is 0 Å². The second-order valence-corrected chi connectivity index (χ2v) is 6.13. The molecule has 1 heterocycles. The lowest BCUT2D eigenvalue weighted by atomic mass is 9.77. The summed E-state index contributed by atoms with van der Waals surface area (Å²) in [4.78, 5) is 15.4. The van der Waals surface area contributed by atoms with Crippen LogP contribution in [-0.4, -0.2) is 25.8 Å². The van der Waals surface area contributed by atoms with Crippen LogP contribution in [0.3, 0.4) is 0 Å². The van der Waals surface area contributed by atoms with Gasteiger partial charge >= 0.3 is 5.97 Å². The molecule has 3 aromatic carbocycles. The second-order valence-electron chi connectivity index (χ2n) is 6.13. The van der Waals surface area contributed by atoms with Gasteiger partial charge in [0.2, 0.25) is 0 Å². The van der Waals surface area contributed by atoms with Crippen LogP contribution in [0.5, 0.6) is 0 Å². The van der Waals surface area contributed by atoms with Gasteiger partial charge in [-0.3, -0.25) is 0 Å². The van der Waals surface area contributed by atoms with Crippen molar-refractivity contribution in [1.29, 1.82) is 0 Å². The van der Waals surface area contributed by atoms with Gasteiger partial charge in [0, 0.05) is 0 Å². The van der Waals surface area contributed by atoms with Crippen molar-refractivity contribution in [3.63, 3.8) is 0 Å². The number of carboxylic acids is 1. The Kier molecular flexibility index (Phi) is 4.26. The van der Waals surface area contributed by atoms with Gasteiger partial charge in [-0.1, -0.05) is 91.0 Å². The molecule has 1 N–H and O–H groups in total. The Bertz CT molecular complexity index is 948. The lowest BCUT2D eigenvalue weighted by Crippen LogP contribution is -2.38. The van der Waals surface area contributed by atoms with E-state index in [1.54, 1.807) is 4.68 Å². The number of benzene rings is 3. The number of carboxylic acid groups (broad SMARTS) is 1. The van der Waals surface area contributed by atoms with Crippen molar-refractivity contribution in [2.24, 2.45) is 0 Å². The zero-order chi connectivity index (χ0) is 18.7. The van der Waals surface area contributed by atoms with Gasteiger partial charge in [-0.15, -0.1) is 5.10 Å². The molecule has 0 saturated heterocycles. The van der Waals surface area contributed by atoms with Crippen molar-refractivity contribution in [2.75, 3.05) is 0 Å². The first-order valence-corrected chi connectivity index (χ1v) is 8.55. The summed E-state index contributed by atoms with van der Waals surface area (Å²) >= 11 is 0. The van der Waals surface area contributed by atoms with Gasteiger partial charge in [0.15, 0.2) is 0 Å². The van der Waals surface area contributed by atoms with Gasteiger partial charge in [-0.25, -0.2) is 14.5 Å². The van der Waals surface area contributed by atoms with E-state index in [1.165, 1.54) is 6.33 Å². The molecule has 0 aliphatic carbocycles. The maximum atomic E-state index is 11.4. The van der Waals surface area contributed by atoms with Gasteiger partial charge in [0.05, 0.1) is 0 Å². The average Bonchev–Trinajstić information content (AvgIpc) is 3.22. The average molecular weight is 355 g/mol. The number of hydrogen-bond donors (Lipinski definition) is 1. The van der Waals surface area contributed by atoms with E-state index in [2.05, 4.69) is 10.1 Å². The zero-order valence-electron chi connectivity index (χ0n) is 14.4. The highest BCUT2D eigenvalue weighted by Crippen LogP contribution is 2.39. The Morgan fingerprint density at radius 1 is 0.741 bits per heavy atom. The highest BCUT2D eigenvalue weighted by Gasteiger charge is 2.39. The summed E-state index contributed by atoms with van der Waals surface area (Å²) in [5, 5.41) is 13.7. The lowest BCUT2D eigenvalue weighted by Gasteiger charge is -2.35. The molecule has 5 nitrogen and oxygen atoms in total. The molecule has 0 radical (unpaired) electrons. The number of aromatic carboxylic acids is 1. The standard InChI is InChI=1S/C22H17N3O2/c26-21(27)20-23-16-25(24-20)22(17-10-4-1-5-11-17,18-12-6-2-7-13-18)19-14-8-3-9-15-19/h1-16H,(H,26,27). The van der Waals surface area contributed by atoms with Crippen molar-refractivity contribution >= 4 is 5.97 Å². The summed E-state index contributed by atoms with van der Waals surface area (Å²) in [5.74, 6) is -1.39. The van der Waals surface area contributed by atoms with Crippen LogP contribution in [0.4, 0.5) is 0 Å². The zero-order valence-corrected chi connectivity index (χ0v) is 14.4. The van der Waals surface area contributed by atoms with Crippen LogP contribution in [0.2, 0.25) is 0 Å². The van der Waals surface area contributed by atoms with Gasteiger partial charge in [-0.05, 0) is 16.7 Å². The third-order valence-corrected chi connectivity index (χ3v) is 4.60. The molecule has 0 unspecified atom stereocenters. The molecule has 4 aromatic rings. The molecule has 0 aliphatic rings. The maximum Gasteiger partial charge on any atom is 0.375 e. The summed E-state index contributed by atoms with van der Waals surface area (Å²) in [6, 6.07) is 29.7. The first-order valence-electron chi connectivity index (χ1n) is 8.55. The van der Waals surface area contributed by atoms with Gasteiger partial charge in [-0.2, -0.15) is 0 Å². The molecule has 0 amide bonds. The van der Waals surface area contributed by atoms with Crippen molar-refractivity contribution in [1.82, 2.24) is 14.8 Å². The van der Waals surface area contributed by atoms with E-state index in [-0.39, 0.29) is 5.82 Å². The maximum absolute atomic E-state index is 11.4. The lowest BCUT2D eigenvalue weighted by molar-refractivity contribution is 0.0683. The van der Waals surface area contributed by atoms with Crippen molar-refractivity contribution < 1.29 is 9.90 Å². The Labute approximate surface area is 156 Å². The van der Waals surface area contributed by atoms with Gasteiger partial charge in [0.1, 0.15) is 11.9 Å². The Morgan fingerprint density at radius 3 is 1.48 bits per heavy atom. The monoisotopic (exact) mass is 355 g/mol. The predicted octanol–water partition coefficient (Wildman–Crippen LogP) is 3.82. The van der Waals surface area contributed by atoms with Crippen LogP contribution in [0.1, 0.15) is 27.3 Å². The number of carbonyl (C=O) groups is 1. The Hall–Kier alpha value is -3.73. The predicted molar refractivity (Wildman–Crippen MR) is 102 cm³/mol. The molecule has 0 saturated carbocycles. The summed E-state index contributed by atoms with van der Waals surface area (Å²) in [6.07, 6.45) is 1.48. The molecular weight excluding hydrogens is 338 g/mol. The highest BCUT2D eigenvalue weighted by atomic mass is 16.4. The van der Waals surface area contributed by atoms with Crippen LogP contribution in [-0.2, 0) is 5.54 Å². The number of rotatable bonds is 5. The summed E-state index contributed by atoms with van der Waals surface area (Å²) in [7, 11) is 0. The number of aromatic nitrogens is 3. The minimum atomic E-state index is -1.16. The summed E-state index contributed by atoms with van der Waals surface area (Å²) in [6.45, 7) is 0. The smallest absolute Gasteiger partial charge is 0.375 e. The van der Waals surface area contributed by atoms with Crippen LogP contribution in [0.15, 0.2) is 97.3 Å². The van der Waals surface area contributed by atoms with Crippen LogP contribution in [0, 0.1) is 0 Å². The minimum Gasteiger partial charge on any atom is -0.475 e. The van der Waals surface area contributed by atoms with Gasteiger partial charge in [0.25, 0.3) is 5.82 Å². The fourth-order valence-corrected chi connectivity index (χ4v) is 3.46. The molecule has 0 atom stereocenters. The molecule has 0 spiro atoms. The summed E-state index contributed by atoms with van der Waals surface area (Å²) in [5.41, 5.74) is 2.04. The Morgan fingerprint density at radius 2 is 1.15 bits per heavy atom. The minimum absolute atomic E-state index is 0.234. The Balaban J connectivity index is 2.10. The van der Waals surface area contributed by atoms with Crippen molar-refractivity contribution in [3.8, 4) is 0 Å². The molecule has 1 aromatic heterocycles. The van der Waals surface area contributed by atoms with Crippen molar-refractivity contribution in [3.05, 3.63) is 120 Å². The summed E-state index contributed by atoms with van der Waals surface area (Å²) < 4.78 is 1.64. The highest BCUT2D eigenvalue weighted by molar-refractivity contribution is 5.82. The molecule has 27 heavy (non-hydrogen) atoms. The molecule has 132 valence electrons. The molecule has 0 aliphatic heterocycles. The van der Waals surface area contributed by atoms with E-state index in [0.717, 1.165) is 16.7 Å². The normalized spacial score (nSPS) is 11.3. The van der Waals surface area contributed by atoms with E-state index < -0.39 is 11.5 Å². The molecule has 4 rings (SSSR count). The van der Waals surface area contributed by atoms with E-state index in [1.807, 2.05) is 91.0 Å². The number of hydrogen-bond acceptors (Lipinski definition) is 3. The molecule has 0 bridgehead atoms. The SMILES string of the molecule is O=C(O)c1ncn(C(c2ccccc2)(c2ccccc2)c2ccccc2)n1. The first kappa shape index (κ1) is 16.7. The van der Waals surface area contributed by atoms with Gasteiger partial charge < -0.3 is 5.11 Å². The van der Waals surface area contributed by atoms with E-state index in [0.29, 0.717) is 0 Å². The molecule has 5 heteroatoms. The van der Waals surface area contributed by atoms with E-state index >= 15 is 0 Å². The topological polar surface area (TPSA) is 68.0 Å². The van der Waals surface area contributed by atoms with Crippen LogP contribution in [0.25, 0.3) is 0 Å².